The van der Waals surface area contributed by atoms with Crippen LogP contribution in [0.4, 0.5) is 5.69 Å². The van der Waals surface area contributed by atoms with Crippen LogP contribution in [0.5, 0.6) is 0 Å². The highest BCUT2D eigenvalue weighted by Crippen LogP contribution is 2.29. The second kappa shape index (κ2) is 9.66. The fraction of sp³-hybridized carbons (Fsp3) is 0.208. The third-order valence-electron chi connectivity index (χ3n) is 4.79. The molecule has 0 aliphatic heterocycles. The van der Waals surface area contributed by atoms with Crippen LogP contribution in [-0.2, 0) is 18.9 Å². The maximum absolute atomic E-state index is 12.2. The molecule has 0 fully saturated rings. The first-order chi connectivity index (χ1) is 14.7. The number of carbonyl (C=O) groups excluding carboxylic acids is 1. The van der Waals surface area contributed by atoms with Crippen LogP contribution in [0.15, 0.2) is 80.2 Å². The highest BCUT2D eigenvalue weighted by atomic mass is 32.2. The molecular formula is C24H25N3O3S. The van der Waals surface area contributed by atoms with Gasteiger partial charge in [-0.3, -0.25) is 14.2 Å². The molecule has 7 heteroatoms. The van der Waals surface area contributed by atoms with E-state index in [0.29, 0.717) is 11.6 Å². The van der Waals surface area contributed by atoms with Gasteiger partial charge >= 0.3 is 5.69 Å². The lowest BCUT2D eigenvalue weighted by molar-refractivity contribution is -0.111. The molecule has 0 radical (unpaired) electrons. The molecule has 0 bridgehead atoms. The summed E-state index contributed by atoms with van der Waals surface area (Å²) < 4.78 is 2.30. The molecule has 0 atom stereocenters. The lowest BCUT2D eigenvalue weighted by atomic mass is 10.0. The molecule has 1 N–H and O–H groups in total. The topological polar surface area (TPSA) is 73.1 Å². The van der Waals surface area contributed by atoms with Crippen LogP contribution in [0.1, 0.15) is 30.9 Å². The van der Waals surface area contributed by atoms with Crippen LogP contribution < -0.4 is 16.6 Å². The van der Waals surface area contributed by atoms with E-state index in [1.165, 1.54) is 35.5 Å². The maximum Gasteiger partial charge on any atom is 0.330 e. The van der Waals surface area contributed by atoms with Crippen LogP contribution in [0.3, 0.4) is 0 Å². The minimum absolute atomic E-state index is 0.259. The quantitative estimate of drug-likeness (QED) is 0.594. The summed E-state index contributed by atoms with van der Waals surface area (Å²) in [5.41, 5.74) is 1.36. The van der Waals surface area contributed by atoms with Crippen molar-refractivity contribution < 1.29 is 4.79 Å². The minimum atomic E-state index is -0.449. The molecule has 3 aromatic rings. The van der Waals surface area contributed by atoms with E-state index in [2.05, 4.69) is 43.4 Å². The van der Waals surface area contributed by atoms with Crippen molar-refractivity contribution in [1.29, 1.82) is 0 Å². The van der Waals surface area contributed by atoms with Gasteiger partial charge in [-0.25, -0.2) is 4.79 Å². The van der Waals surface area contributed by atoms with Crippen LogP contribution in [-0.4, -0.2) is 15.0 Å². The van der Waals surface area contributed by atoms with E-state index in [0.717, 1.165) is 14.4 Å². The lowest BCUT2D eigenvalue weighted by Crippen LogP contribution is -2.37. The summed E-state index contributed by atoms with van der Waals surface area (Å²) in [6, 6.07) is 16.1. The van der Waals surface area contributed by atoms with Gasteiger partial charge in [0.05, 0.1) is 5.56 Å². The summed E-state index contributed by atoms with van der Waals surface area (Å²) in [4.78, 5) is 38.3. The highest BCUT2D eigenvalue weighted by Gasteiger charge is 2.06. The zero-order valence-corrected chi connectivity index (χ0v) is 18.8. The first-order valence-electron chi connectivity index (χ1n) is 9.88. The Labute approximate surface area is 185 Å². The molecule has 1 aromatic heterocycles. The number of amides is 1. The molecule has 160 valence electrons. The number of benzene rings is 2. The number of hydrogen-bond acceptors (Lipinski definition) is 4. The summed E-state index contributed by atoms with van der Waals surface area (Å²) in [5.74, 6) is 0.147. The van der Waals surface area contributed by atoms with E-state index in [4.69, 9.17) is 0 Å². The molecule has 0 aliphatic carbocycles. The van der Waals surface area contributed by atoms with E-state index >= 15 is 0 Å². The van der Waals surface area contributed by atoms with Gasteiger partial charge < -0.3 is 9.88 Å². The Kier molecular flexibility index (Phi) is 6.97. The molecule has 3 rings (SSSR count). The molecule has 0 saturated carbocycles. The number of rotatable bonds is 6. The van der Waals surface area contributed by atoms with Crippen molar-refractivity contribution in [3.05, 3.63) is 92.8 Å². The Balaban J connectivity index is 1.63. The average Bonchev–Trinajstić information content (AvgIpc) is 2.75. The van der Waals surface area contributed by atoms with E-state index in [-0.39, 0.29) is 11.5 Å². The van der Waals surface area contributed by atoms with Crippen molar-refractivity contribution in [2.45, 2.75) is 29.6 Å². The predicted octanol–water partition coefficient (Wildman–Crippen LogP) is 4.01. The fourth-order valence-electron chi connectivity index (χ4n) is 2.96. The van der Waals surface area contributed by atoms with Crippen LogP contribution >= 0.6 is 11.8 Å². The first-order valence-corrected chi connectivity index (χ1v) is 10.7. The molecule has 1 heterocycles. The van der Waals surface area contributed by atoms with Crippen molar-refractivity contribution >= 4 is 29.4 Å². The first kappa shape index (κ1) is 22.4. The number of nitrogens with one attached hydrogen (secondary N) is 1. The van der Waals surface area contributed by atoms with Crippen molar-refractivity contribution in [3.63, 3.8) is 0 Å². The van der Waals surface area contributed by atoms with Gasteiger partial charge in [0.2, 0.25) is 5.91 Å². The zero-order valence-electron chi connectivity index (χ0n) is 18.0. The summed E-state index contributed by atoms with van der Waals surface area (Å²) in [6.45, 7) is 4.35. The standard InChI is InChI=1S/C24H25N3O3S/c1-16(2)17-5-10-20(11-6-17)31-21-12-8-19(9-13-21)25-22(28)14-7-18-15-26(3)24(30)27(4)23(18)29/h5-16H,1-4H3,(H,25,28)/b14-7+. The second-order valence-electron chi connectivity index (χ2n) is 7.51. The van der Waals surface area contributed by atoms with Gasteiger partial charge in [0.1, 0.15) is 0 Å². The van der Waals surface area contributed by atoms with E-state index in [1.807, 2.05) is 24.3 Å². The summed E-state index contributed by atoms with van der Waals surface area (Å²) in [7, 11) is 2.96. The SMILES string of the molecule is CC(C)c1ccc(Sc2ccc(NC(=O)/C=C/c3cn(C)c(=O)n(C)c3=O)cc2)cc1. The maximum atomic E-state index is 12.2. The van der Waals surface area contributed by atoms with Crippen LogP contribution in [0, 0.1) is 0 Å². The molecule has 0 saturated heterocycles. The molecule has 1 amide bonds. The Bertz CT molecular complexity index is 1220. The highest BCUT2D eigenvalue weighted by molar-refractivity contribution is 7.99. The van der Waals surface area contributed by atoms with Gasteiger partial charge in [-0.15, -0.1) is 0 Å². The van der Waals surface area contributed by atoms with Crippen molar-refractivity contribution in [2.24, 2.45) is 14.1 Å². The van der Waals surface area contributed by atoms with E-state index in [9.17, 15) is 14.4 Å². The van der Waals surface area contributed by atoms with Crippen molar-refractivity contribution in [1.82, 2.24) is 9.13 Å². The fourth-order valence-corrected chi connectivity index (χ4v) is 3.78. The van der Waals surface area contributed by atoms with Crippen LogP contribution in [0.25, 0.3) is 6.08 Å². The smallest absolute Gasteiger partial charge is 0.323 e. The number of nitrogens with zero attached hydrogens (tertiary/aromatic N) is 2. The van der Waals surface area contributed by atoms with Gasteiger partial charge in [-0.2, -0.15) is 0 Å². The van der Waals surface area contributed by atoms with Gasteiger partial charge in [0.15, 0.2) is 0 Å². The summed E-state index contributed by atoms with van der Waals surface area (Å²) >= 11 is 1.66. The molecule has 31 heavy (non-hydrogen) atoms. The van der Waals surface area contributed by atoms with Gasteiger partial charge in [-0.1, -0.05) is 37.7 Å². The molecule has 0 spiro atoms. The predicted molar refractivity (Wildman–Crippen MR) is 126 cm³/mol. The number of aryl methyl sites for hydroxylation is 1. The second-order valence-corrected chi connectivity index (χ2v) is 8.66. The summed E-state index contributed by atoms with van der Waals surface area (Å²) in [5, 5.41) is 2.77. The van der Waals surface area contributed by atoms with E-state index < -0.39 is 11.2 Å². The number of carbonyl (C=O) groups is 1. The van der Waals surface area contributed by atoms with E-state index in [1.54, 1.807) is 18.8 Å². The minimum Gasteiger partial charge on any atom is -0.323 e. The van der Waals surface area contributed by atoms with Gasteiger partial charge in [0.25, 0.3) is 5.56 Å². The Morgan fingerprint density at radius 2 is 1.55 bits per heavy atom. The van der Waals surface area contributed by atoms with Crippen LogP contribution in [0.2, 0.25) is 0 Å². The molecular weight excluding hydrogens is 410 g/mol. The largest absolute Gasteiger partial charge is 0.330 e. The number of anilines is 1. The third kappa shape index (κ3) is 5.64. The molecule has 0 aliphatic rings. The monoisotopic (exact) mass is 435 g/mol. The molecule has 6 nitrogen and oxygen atoms in total. The Hall–Kier alpha value is -3.32. The lowest BCUT2D eigenvalue weighted by Gasteiger charge is -2.08. The summed E-state index contributed by atoms with van der Waals surface area (Å²) in [6.07, 6.45) is 4.09. The Morgan fingerprint density at radius 3 is 2.13 bits per heavy atom. The zero-order chi connectivity index (χ0) is 22.5. The number of aromatic nitrogens is 2. The van der Waals surface area contributed by atoms with Crippen molar-refractivity contribution in [2.75, 3.05) is 5.32 Å². The Morgan fingerprint density at radius 1 is 0.968 bits per heavy atom. The van der Waals surface area contributed by atoms with Gasteiger partial charge in [0, 0.05) is 41.8 Å². The van der Waals surface area contributed by atoms with Gasteiger partial charge in [-0.05, 0) is 54.0 Å². The average molecular weight is 436 g/mol. The normalized spacial score (nSPS) is 11.3. The molecule has 2 aromatic carbocycles. The third-order valence-corrected chi connectivity index (χ3v) is 5.81. The molecule has 0 unspecified atom stereocenters. The number of hydrogen-bond donors (Lipinski definition) is 1. The van der Waals surface area contributed by atoms with Crippen molar-refractivity contribution in [3.8, 4) is 0 Å².